The molecule has 174 valence electrons. The van der Waals surface area contributed by atoms with E-state index in [9.17, 15) is 28.7 Å². The Balaban J connectivity index is 3.32. The first-order valence-corrected chi connectivity index (χ1v) is 13.5. The maximum atomic E-state index is 12.5. The van der Waals surface area contributed by atoms with Gasteiger partial charge in [0.25, 0.3) is 0 Å². The molecule has 0 fully saturated rings. The number of allylic oxidation sites excluding steroid dienone is 6. The van der Waals surface area contributed by atoms with Gasteiger partial charge in [0.15, 0.2) is 4.90 Å². The van der Waals surface area contributed by atoms with Crippen LogP contribution < -0.4 is 0 Å². The molecular formula is C23H36O6P2. The number of benzene rings is 1. The average Bonchev–Trinajstić information content (AvgIpc) is 2.61. The molecule has 0 unspecified atom stereocenters. The van der Waals surface area contributed by atoms with E-state index >= 15 is 0 Å². The molecule has 0 heterocycles. The van der Waals surface area contributed by atoms with E-state index in [-0.39, 0.29) is 0 Å². The lowest BCUT2D eigenvalue weighted by Crippen LogP contribution is -2.31. The van der Waals surface area contributed by atoms with Gasteiger partial charge in [-0.3, -0.25) is 9.13 Å². The van der Waals surface area contributed by atoms with Gasteiger partial charge >= 0.3 is 15.2 Å². The second kappa shape index (κ2) is 11.6. The Morgan fingerprint density at radius 3 is 1.94 bits per heavy atom. The van der Waals surface area contributed by atoms with Gasteiger partial charge in [-0.25, -0.2) is 0 Å². The standard InChI is InChI=1S/C23H36O6P2/c1-18(2)8-6-9-20(5)14-15-23(30(24,25)26,31(27,28)29)17-22-11-7-10-21(16-22)13-12-19(3)4/h7-8,10-12,14,16H,6,9,13,15,17H2,1-5H3,(H2,24,25,26)(H2,27,28,29). The van der Waals surface area contributed by atoms with Crippen molar-refractivity contribution in [1.82, 2.24) is 0 Å². The Morgan fingerprint density at radius 2 is 1.42 bits per heavy atom. The highest BCUT2D eigenvalue weighted by molar-refractivity contribution is 7.72. The highest BCUT2D eigenvalue weighted by atomic mass is 31.2. The minimum Gasteiger partial charge on any atom is -0.324 e. The predicted molar refractivity (Wildman–Crippen MR) is 127 cm³/mol. The summed E-state index contributed by atoms with van der Waals surface area (Å²) in [6.45, 7) is 9.73. The lowest BCUT2D eigenvalue weighted by atomic mass is 10.0. The summed E-state index contributed by atoms with van der Waals surface area (Å²) in [4.78, 5) is 37.9. The molecule has 31 heavy (non-hydrogen) atoms. The van der Waals surface area contributed by atoms with Crippen LogP contribution in [-0.2, 0) is 22.0 Å². The fourth-order valence-corrected chi connectivity index (χ4v) is 6.02. The number of rotatable bonds is 11. The summed E-state index contributed by atoms with van der Waals surface area (Å²) in [7, 11) is -10.3. The average molecular weight is 470 g/mol. The van der Waals surface area contributed by atoms with Crippen molar-refractivity contribution in [2.75, 3.05) is 0 Å². The van der Waals surface area contributed by atoms with Crippen LogP contribution in [-0.4, -0.2) is 24.5 Å². The van der Waals surface area contributed by atoms with Crippen LogP contribution in [0.2, 0.25) is 0 Å². The van der Waals surface area contributed by atoms with Gasteiger partial charge in [-0.2, -0.15) is 0 Å². The first-order chi connectivity index (χ1) is 14.2. The minimum absolute atomic E-state index is 0.402. The summed E-state index contributed by atoms with van der Waals surface area (Å²) in [5, 5.41) is 0. The van der Waals surface area contributed by atoms with Crippen molar-refractivity contribution in [2.24, 2.45) is 0 Å². The maximum Gasteiger partial charge on any atom is 0.344 e. The molecule has 6 nitrogen and oxygen atoms in total. The third-order valence-electron chi connectivity index (χ3n) is 5.18. The largest absolute Gasteiger partial charge is 0.344 e. The molecule has 0 saturated heterocycles. The molecule has 0 aliphatic carbocycles. The van der Waals surface area contributed by atoms with Gasteiger partial charge in [-0.1, -0.05) is 59.2 Å². The molecule has 0 aliphatic rings. The Labute approximate surface area is 186 Å². The van der Waals surface area contributed by atoms with Crippen LogP contribution in [0.4, 0.5) is 0 Å². The van der Waals surface area contributed by atoms with Crippen LogP contribution in [0.1, 0.15) is 65.0 Å². The molecule has 1 rings (SSSR count). The van der Waals surface area contributed by atoms with E-state index in [1.165, 1.54) is 5.57 Å². The summed E-state index contributed by atoms with van der Waals surface area (Å²) < 4.78 is 24.9. The molecule has 1 aromatic carbocycles. The van der Waals surface area contributed by atoms with Gasteiger partial charge in [-0.05, 0) is 71.4 Å². The molecule has 0 amide bonds. The molecule has 0 aliphatic heterocycles. The molecule has 0 atom stereocenters. The highest BCUT2D eigenvalue weighted by Crippen LogP contribution is 2.72. The first-order valence-electron chi connectivity index (χ1n) is 10.3. The molecule has 8 heteroatoms. The minimum atomic E-state index is -5.17. The molecule has 0 spiro atoms. The second-order valence-electron chi connectivity index (χ2n) is 8.63. The summed E-state index contributed by atoms with van der Waals surface area (Å²) in [5.74, 6) is 0. The van der Waals surface area contributed by atoms with Crippen LogP contribution in [0.5, 0.6) is 0 Å². The fraction of sp³-hybridized carbons (Fsp3) is 0.478. The first kappa shape index (κ1) is 27.8. The second-order valence-corrected chi connectivity index (χ2v) is 12.9. The van der Waals surface area contributed by atoms with Crippen molar-refractivity contribution in [3.8, 4) is 0 Å². The van der Waals surface area contributed by atoms with E-state index in [0.717, 1.165) is 23.1 Å². The van der Waals surface area contributed by atoms with Crippen molar-refractivity contribution in [3.63, 3.8) is 0 Å². The SMILES string of the molecule is CC(C)=CCCC(C)=CCC(Cc1cccc(CC=C(C)C)c1)(P(=O)(O)O)P(=O)(O)O. The number of hydrogen-bond acceptors (Lipinski definition) is 2. The van der Waals surface area contributed by atoms with E-state index in [2.05, 4.69) is 6.08 Å². The van der Waals surface area contributed by atoms with Gasteiger partial charge in [0.05, 0.1) is 0 Å². The fourth-order valence-electron chi connectivity index (χ4n) is 3.23. The summed E-state index contributed by atoms with van der Waals surface area (Å²) in [6, 6.07) is 7.03. The van der Waals surface area contributed by atoms with Crippen molar-refractivity contribution in [2.45, 2.75) is 71.6 Å². The monoisotopic (exact) mass is 470 g/mol. The van der Waals surface area contributed by atoms with Gasteiger partial charge in [0.1, 0.15) is 0 Å². The lowest BCUT2D eigenvalue weighted by Gasteiger charge is -2.34. The zero-order valence-electron chi connectivity index (χ0n) is 19.1. The van der Waals surface area contributed by atoms with Crippen molar-refractivity contribution >= 4 is 15.2 Å². The lowest BCUT2D eigenvalue weighted by molar-refractivity contribution is 0.305. The zero-order valence-corrected chi connectivity index (χ0v) is 20.9. The third kappa shape index (κ3) is 8.65. The van der Waals surface area contributed by atoms with Crippen molar-refractivity contribution in [3.05, 3.63) is 70.3 Å². The maximum absolute atomic E-state index is 12.5. The third-order valence-corrected chi connectivity index (χ3v) is 9.59. The van der Waals surface area contributed by atoms with E-state index in [4.69, 9.17) is 0 Å². The molecule has 0 bridgehead atoms. The Hall–Kier alpha value is -1.26. The van der Waals surface area contributed by atoms with Gasteiger partial charge in [0, 0.05) is 6.42 Å². The van der Waals surface area contributed by atoms with E-state index in [1.54, 1.807) is 24.3 Å². The molecule has 4 N–H and O–H groups in total. The molecule has 0 saturated carbocycles. The smallest absolute Gasteiger partial charge is 0.324 e. The molecular weight excluding hydrogens is 434 g/mol. The van der Waals surface area contributed by atoms with Gasteiger partial charge < -0.3 is 19.6 Å². The number of hydrogen-bond donors (Lipinski definition) is 4. The van der Waals surface area contributed by atoms with E-state index < -0.39 is 32.9 Å². The summed E-state index contributed by atoms with van der Waals surface area (Å²) >= 11 is 0. The van der Waals surface area contributed by atoms with Crippen LogP contribution in [0, 0.1) is 0 Å². The van der Waals surface area contributed by atoms with Gasteiger partial charge in [0.2, 0.25) is 0 Å². The van der Waals surface area contributed by atoms with Crippen LogP contribution in [0.25, 0.3) is 0 Å². The quantitative estimate of drug-likeness (QED) is 0.237. The van der Waals surface area contributed by atoms with Crippen molar-refractivity contribution in [1.29, 1.82) is 0 Å². The van der Waals surface area contributed by atoms with E-state index in [0.29, 0.717) is 18.4 Å². The van der Waals surface area contributed by atoms with Crippen LogP contribution >= 0.6 is 15.2 Å². The van der Waals surface area contributed by atoms with Gasteiger partial charge in [-0.15, -0.1) is 0 Å². The Morgan fingerprint density at radius 1 is 0.871 bits per heavy atom. The highest BCUT2D eigenvalue weighted by Gasteiger charge is 2.59. The molecule has 0 radical (unpaired) electrons. The summed E-state index contributed by atoms with van der Waals surface area (Å²) in [6.07, 6.45) is 6.87. The Bertz CT molecular complexity index is 903. The van der Waals surface area contributed by atoms with Crippen molar-refractivity contribution < 1.29 is 28.7 Å². The normalized spacial score (nSPS) is 13.1. The molecule has 0 aromatic heterocycles. The molecule has 1 aromatic rings. The van der Waals surface area contributed by atoms with Crippen LogP contribution in [0.15, 0.2) is 59.2 Å². The Kier molecular flexibility index (Phi) is 10.4. The predicted octanol–water partition coefficient (Wildman–Crippen LogP) is 5.87. The van der Waals surface area contributed by atoms with Crippen LogP contribution in [0.3, 0.4) is 0 Å². The zero-order chi connectivity index (χ0) is 23.9. The topological polar surface area (TPSA) is 115 Å². The van der Waals surface area contributed by atoms with E-state index in [1.807, 2.05) is 46.8 Å². The summed E-state index contributed by atoms with van der Waals surface area (Å²) in [5.41, 5.74) is 4.54.